The lowest BCUT2D eigenvalue weighted by Gasteiger charge is -2.11. The first-order valence-corrected chi connectivity index (χ1v) is 12.0. The van der Waals surface area contributed by atoms with Crippen LogP contribution in [-0.2, 0) is 10.0 Å². The number of para-hydroxylation sites is 1. The number of sulfonamides is 1. The van der Waals surface area contributed by atoms with Gasteiger partial charge in [-0.2, -0.15) is 0 Å². The molecule has 2 aromatic carbocycles. The molecule has 1 N–H and O–H groups in total. The maximum atomic E-state index is 13.2. The molecule has 8 nitrogen and oxygen atoms in total. The van der Waals surface area contributed by atoms with Gasteiger partial charge in [-0.3, -0.25) is 9.20 Å². The van der Waals surface area contributed by atoms with E-state index >= 15 is 0 Å². The van der Waals surface area contributed by atoms with Crippen LogP contribution >= 0.6 is 11.8 Å². The number of aryl methyl sites for hydroxylation is 1. The Balaban J connectivity index is 1.81. The minimum atomic E-state index is -3.24. The number of rotatable bonds is 7. The van der Waals surface area contributed by atoms with Crippen molar-refractivity contribution in [1.82, 2.24) is 23.9 Å². The van der Waals surface area contributed by atoms with Gasteiger partial charge in [0.25, 0.3) is 5.56 Å². The normalized spacial score (nSPS) is 12.1. The molecule has 30 heavy (non-hydrogen) atoms. The lowest BCUT2D eigenvalue weighted by Crippen LogP contribution is -2.22. The van der Waals surface area contributed by atoms with E-state index in [0.29, 0.717) is 34.2 Å². The average Bonchev–Trinajstić information content (AvgIpc) is 3.16. The second-order valence-corrected chi connectivity index (χ2v) is 9.94. The van der Waals surface area contributed by atoms with Gasteiger partial charge in [0.05, 0.1) is 22.3 Å². The summed E-state index contributed by atoms with van der Waals surface area (Å²) in [6.45, 7) is 1.99. The van der Waals surface area contributed by atoms with Gasteiger partial charge in [-0.1, -0.05) is 41.6 Å². The van der Waals surface area contributed by atoms with Crippen molar-refractivity contribution >= 4 is 38.5 Å². The Labute approximate surface area is 178 Å². The van der Waals surface area contributed by atoms with Crippen molar-refractivity contribution in [1.29, 1.82) is 0 Å². The molecule has 0 aliphatic carbocycles. The van der Waals surface area contributed by atoms with Gasteiger partial charge in [0, 0.05) is 5.75 Å². The zero-order valence-corrected chi connectivity index (χ0v) is 18.2. The van der Waals surface area contributed by atoms with E-state index in [1.165, 1.54) is 18.8 Å². The minimum absolute atomic E-state index is 0.0437. The summed E-state index contributed by atoms with van der Waals surface area (Å²) in [4.78, 5) is 13.2. The zero-order valence-electron chi connectivity index (χ0n) is 16.6. The molecular weight excluding hydrogens is 422 g/mol. The molecule has 0 amide bonds. The third kappa shape index (κ3) is 3.85. The van der Waals surface area contributed by atoms with Crippen LogP contribution in [0.5, 0.6) is 0 Å². The first-order valence-electron chi connectivity index (χ1n) is 9.41. The lowest BCUT2D eigenvalue weighted by molar-refractivity contribution is 0.587. The summed E-state index contributed by atoms with van der Waals surface area (Å²) in [6, 6.07) is 15.0. The van der Waals surface area contributed by atoms with Crippen molar-refractivity contribution in [2.45, 2.75) is 18.5 Å². The molecule has 2 heterocycles. The molecule has 0 unspecified atom stereocenters. The van der Waals surface area contributed by atoms with Crippen LogP contribution in [-0.4, -0.2) is 46.1 Å². The maximum Gasteiger partial charge on any atom is 0.267 e. The topological polar surface area (TPSA) is 98.4 Å². The highest BCUT2D eigenvalue weighted by molar-refractivity contribution is 7.99. The average molecular weight is 444 g/mol. The molecule has 0 aliphatic heterocycles. The van der Waals surface area contributed by atoms with E-state index in [4.69, 9.17) is 0 Å². The van der Waals surface area contributed by atoms with Crippen LogP contribution in [0.2, 0.25) is 0 Å². The molecule has 2 aromatic heterocycles. The van der Waals surface area contributed by atoms with E-state index in [1.54, 1.807) is 10.6 Å². The molecule has 4 rings (SSSR count). The third-order valence-corrected chi connectivity index (χ3v) is 7.25. The Kier molecular flexibility index (Phi) is 5.63. The fourth-order valence-corrected chi connectivity index (χ4v) is 5.00. The fourth-order valence-electron chi connectivity index (χ4n) is 3.21. The van der Waals surface area contributed by atoms with Crippen molar-refractivity contribution < 1.29 is 8.42 Å². The Hall–Kier alpha value is -2.69. The smallest absolute Gasteiger partial charge is 0.267 e. The summed E-state index contributed by atoms with van der Waals surface area (Å²) in [6.07, 6.45) is 0.471. The highest BCUT2D eigenvalue weighted by Crippen LogP contribution is 2.23. The standard InChI is InChI=1S/C20H21N5O3S2/c1-14-8-10-15(11-9-14)24-18(26)16-6-3-4-7-17(16)25-19(24)22-23-20(25)29-12-5-13-30(27,28)21-2/h3-4,6-11,21H,5,12-13H2,1-2H3. The molecule has 0 spiro atoms. The van der Waals surface area contributed by atoms with Crippen molar-refractivity contribution in [2.75, 3.05) is 18.6 Å². The first-order chi connectivity index (χ1) is 14.4. The molecule has 0 aliphatic rings. The lowest BCUT2D eigenvalue weighted by atomic mass is 10.2. The van der Waals surface area contributed by atoms with Gasteiger partial charge in [-0.15, -0.1) is 10.2 Å². The predicted molar refractivity (Wildman–Crippen MR) is 119 cm³/mol. The molecule has 0 radical (unpaired) electrons. The van der Waals surface area contributed by atoms with Gasteiger partial charge < -0.3 is 0 Å². The van der Waals surface area contributed by atoms with Crippen molar-refractivity contribution in [3.63, 3.8) is 0 Å². The van der Waals surface area contributed by atoms with Gasteiger partial charge in [0.2, 0.25) is 15.8 Å². The van der Waals surface area contributed by atoms with Gasteiger partial charge in [0.15, 0.2) is 5.16 Å². The Bertz CT molecular complexity index is 1380. The van der Waals surface area contributed by atoms with Crippen LogP contribution in [0.4, 0.5) is 0 Å². The van der Waals surface area contributed by atoms with Crippen molar-refractivity contribution in [3.05, 3.63) is 64.4 Å². The summed E-state index contributed by atoms with van der Waals surface area (Å²) in [5, 5.41) is 9.77. The van der Waals surface area contributed by atoms with E-state index in [1.807, 2.05) is 53.8 Å². The van der Waals surface area contributed by atoms with Crippen LogP contribution in [0.25, 0.3) is 22.4 Å². The van der Waals surface area contributed by atoms with E-state index in [2.05, 4.69) is 14.9 Å². The first kappa shape index (κ1) is 20.6. The molecule has 4 aromatic rings. The van der Waals surface area contributed by atoms with Gasteiger partial charge in [-0.25, -0.2) is 17.7 Å². The molecule has 10 heteroatoms. The van der Waals surface area contributed by atoms with E-state index < -0.39 is 10.0 Å². The van der Waals surface area contributed by atoms with Crippen LogP contribution < -0.4 is 10.3 Å². The zero-order chi connectivity index (χ0) is 21.3. The number of hydrogen-bond donors (Lipinski definition) is 1. The second kappa shape index (κ2) is 8.21. The molecule has 0 atom stereocenters. The Morgan fingerprint density at radius 3 is 2.53 bits per heavy atom. The predicted octanol–water partition coefficient (Wildman–Crippen LogP) is 2.37. The Morgan fingerprint density at radius 1 is 1.07 bits per heavy atom. The number of benzene rings is 2. The second-order valence-electron chi connectivity index (χ2n) is 6.84. The third-order valence-electron chi connectivity index (χ3n) is 4.79. The molecule has 0 saturated heterocycles. The quantitative estimate of drug-likeness (QED) is 0.348. The summed E-state index contributed by atoms with van der Waals surface area (Å²) >= 11 is 1.42. The number of nitrogens with one attached hydrogen (secondary N) is 1. The monoisotopic (exact) mass is 443 g/mol. The van der Waals surface area contributed by atoms with Crippen molar-refractivity contribution in [2.24, 2.45) is 0 Å². The summed E-state index contributed by atoms with van der Waals surface area (Å²) in [5.41, 5.74) is 2.37. The van der Waals surface area contributed by atoms with E-state index in [9.17, 15) is 13.2 Å². The highest BCUT2D eigenvalue weighted by atomic mass is 32.2. The van der Waals surface area contributed by atoms with Gasteiger partial charge >= 0.3 is 0 Å². The number of thioether (sulfide) groups is 1. The van der Waals surface area contributed by atoms with Gasteiger partial charge in [-0.05, 0) is 44.7 Å². The Morgan fingerprint density at radius 2 is 1.80 bits per heavy atom. The summed E-state index contributed by atoms with van der Waals surface area (Å²) in [5.74, 6) is 1.02. The van der Waals surface area contributed by atoms with Gasteiger partial charge in [0.1, 0.15) is 0 Å². The maximum absolute atomic E-state index is 13.2. The summed E-state index contributed by atoms with van der Waals surface area (Å²) in [7, 11) is -1.83. The van der Waals surface area contributed by atoms with Crippen LogP contribution in [0, 0.1) is 6.92 Å². The fraction of sp³-hybridized carbons (Fsp3) is 0.250. The molecule has 156 valence electrons. The number of aromatic nitrogens is 4. The van der Waals surface area contributed by atoms with Crippen LogP contribution in [0.1, 0.15) is 12.0 Å². The highest BCUT2D eigenvalue weighted by Gasteiger charge is 2.18. The largest absolute Gasteiger partial charge is 0.268 e. The molecular formula is C20H21N5O3S2. The molecule has 0 saturated carbocycles. The van der Waals surface area contributed by atoms with E-state index in [0.717, 1.165) is 11.1 Å². The number of fused-ring (bicyclic) bond motifs is 3. The number of nitrogens with zero attached hydrogens (tertiary/aromatic N) is 4. The van der Waals surface area contributed by atoms with Crippen LogP contribution in [0.15, 0.2) is 58.5 Å². The SMILES string of the molecule is CNS(=O)(=O)CCCSc1nnc2n(-c3ccc(C)cc3)c(=O)c3ccccc3n12. The number of hydrogen-bond acceptors (Lipinski definition) is 6. The molecule has 0 fully saturated rings. The van der Waals surface area contributed by atoms with E-state index in [-0.39, 0.29) is 11.3 Å². The molecule has 0 bridgehead atoms. The minimum Gasteiger partial charge on any atom is -0.268 e. The summed E-state index contributed by atoms with van der Waals surface area (Å²) < 4.78 is 29.0. The van der Waals surface area contributed by atoms with Crippen molar-refractivity contribution in [3.8, 4) is 5.69 Å². The van der Waals surface area contributed by atoms with Crippen LogP contribution in [0.3, 0.4) is 0 Å².